The Kier molecular flexibility index (Phi) is 5.72. The molecule has 1 amide bonds. The molecule has 4 rings (SSSR count). The number of imidazole rings is 1. The van der Waals surface area contributed by atoms with Gasteiger partial charge in [0.25, 0.3) is 5.91 Å². The van der Waals surface area contributed by atoms with Crippen molar-refractivity contribution in [3.63, 3.8) is 0 Å². The van der Waals surface area contributed by atoms with Crippen LogP contribution >= 0.6 is 0 Å². The zero-order valence-electron chi connectivity index (χ0n) is 18.4. The van der Waals surface area contributed by atoms with Crippen LogP contribution in [0.15, 0.2) is 53.8 Å². The summed E-state index contributed by atoms with van der Waals surface area (Å²) in [6, 6.07) is 10.2. The number of halogens is 3. The number of rotatable bonds is 5. The molecule has 12 heteroatoms. The fourth-order valence-corrected chi connectivity index (χ4v) is 4.48. The first-order valence-electron chi connectivity index (χ1n) is 10.1. The van der Waals surface area contributed by atoms with Crippen molar-refractivity contribution in [2.45, 2.75) is 31.7 Å². The zero-order chi connectivity index (χ0) is 24.8. The summed E-state index contributed by atoms with van der Waals surface area (Å²) in [4.78, 5) is 16.7. The monoisotopic (exact) mass is 491 g/mol. The van der Waals surface area contributed by atoms with Gasteiger partial charge in [0.15, 0.2) is 5.69 Å². The summed E-state index contributed by atoms with van der Waals surface area (Å²) in [7, 11) is -3.75. The van der Waals surface area contributed by atoms with E-state index in [1.165, 1.54) is 33.5 Å². The first kappa shape index (κ1) is 23.5. The van der Waals surface area contributed by atoms with Crippen molar-refractivity contribution in [2.24, 2.45) is 0 Å². The molecule has 0 atom stereocenters. The van der Waals surface area contributed by atoms with Crippen molar-refractivity contribution in [3.05, 3.63) is 76.9 Å². The van der Waals surface area contributed by atoms with Crippen molar-refractivity contribution < 1.29 is 26.4 Å². The lowest BCUT2D eigenvalue weighted by atomic mass is 10.1. The van der Waals surface area contributed by atoms with E-state index in [1.54, 1.807) is 32.0 Å². The molecule has 0 saturated carbocycles. The van der Waals surface area contributed by atoms with E-state index in [9.17, 15) is 26.4 Å². The minimum atomic E-state index is -4.67. The number of aryl methyl sites for hydroxylation is 2. The molecule has 1 N–H and O–H groups in total. The number of alkyl halides is 3. The van der Waals surface area contributed by atoms with Crippen LogP contribution in [-0.2, 0) is 22.6 Å². The quantitative estimate of drug-likeness (QED) is 0.461. The van der Waals surface area contributed by atoms with Crippen LogP contribution in [-0.4, -0.2) is 39.7 Å². The van der Waals surface area contributed by atoms with Gasteiger partial charge in [0, 0.05) is 24.7 Å². The highest BCUT2D eigenvalue weighted by Crippen LogP contribution is 2.34. The molecule has 0 radical (unpaired) electrons. The molecule has 3 aromatic heterocycles. The number of pyridine rings is 1. The molecule has 0 aliphatic heterocycles. The number of amides is 1. The third kappa shape index (κ3) is 4.40. The van der Waals surface area contributed by atoms with E-state index in [0.29, 0.717) is 11.4 Å². The molecule has 0 aliphatic rings. The third-order valence-corrected chi connectivity index (χ3v) is 6.11. The standard InChI is InChI=1S/C22H20F3N5O3S/c1-13-10-14(2)30(28-13)16-8-7-15(17(11-16)22(23,24)25)12-26-20(31)19-18-6-4-5-9-29(18)21(27-19)34(3,32)33/h4-11H,12H2,1-3H3,(H,26,31). The number of carbonyl (C=O) groups excluding carboxylic acids is 1. The van der Waals surface area contributed by atoms with Gasteiger partial charge >= 0.3 is 6.18 Å². The third-order valence-electron chi connectivity index (χ3n) is 5.16. The maximum Gasteiger partial charge on any atom is 0.416 e. The van der Waals surface area contributed by atoms with Gasteiger partial charge in [-0.3, -0.25) is 9.20 Å². The van der Waals surface area contributed by atoms with Gasteiger partial charge in [-0.15, -0.1) is 0 Å². The van der Waals surface area contributed by atoms with E-state index in [4.69, 9.17) is 0 Å². The van der Waals surface area contributed by atoms with Gasteiger partial charge < -0.3 is 5.32 Å². The molecular formula is C22H20F3N5O3S. The Morgan fingerprint density at radius 2 is 1.85 bits per heavy atom. The molecule has 0 saturated heterocycles. The number of hydrogen-bond acceptors (Lipinski definition) is 5. The van der Waals surface area contributed by atoms with Crippen molar-refractivity contribution >= 4 is 21.3 Å². The van der Waals surface area contributed by atoms with Gasteiger partial charge in [-0.25, -0.2) is 18.1 Å². The van der Waals surface area contributed by atoms with Gasteiger partial charge in [0.2, 0.25) is 15.0 Å². The Labute approximate surface area is 193 Å². The Balaban J connectivity index is 1.67. The van der Waals surface area contributed by atoms with Gasteiger partial charge in [0.1, 0.15) is 0 Å². The molecule has 0 fully saturated rings. The van der Waals surface area contributed by atoms with Crippen molar-refractivity contribution in [3.8, 4) is 5.69 Å². The predicted octanol–water partition coefficient (Wildman–Crippen LogP) is 3.49. The highest BCUT2D eigenvalue weighted by atomic mass is 32.2. The number of carbonyl (C=O) groups is 1. The molecule has 3 heterocycles. The van der Waals surface area contributed by atoms with E-state index < -0.39 is 34.0 Å². The van der Waals surface area contributed by atoms with Gasteiger partial charge in [-0.05, 0) is 49.7 Å². The van der Waals surface area contributed by atoms with E-state index >= 15 is 0 Å². The second-order valence-electron chi connectivity index (χ2n) is 7.83. The molecule has 0 spiro atoms. The predicted molar refractivity (Wildman–Crippen MR) is 118 cm³/mol. The lowest BCUT2D eigenvalue weighted by Gasteiger charge is -2.15. The maximum absolute atomic E-state index is 13.8. The fourth-order valence-electron chi connectivity index (χ4n) is 3.70. The normalized spacial score (nSPS) is 12.3. The van der Waals surface area contributed by atoms with Crippen LogP contribution in [0.1, 0.15) is 33.0 Å². The average molecular weight is 491 g/mol. The van der Waals surface area contributed by atoms with Crippen LogP contribution < -0.4 is 5.32 Å². The largest absolute Gasteiger partial charge is 0.416 e. The first-order chi connectivity index (χ1) is 15.9. The van der Waals surface area contributed by atoms with Crippen LogP contribution in [0.5, 0.6) is 0 Å². The van der Waals surface area contributed by atoms with Crippen LogP contribution in [0.4, 0.5) is 13.2 Å². The zero-order valence-corrected chi connectivity index (χ0v) is 19.2. The second kappa shape index (κ2) is 8.28. The van der Waals surface area contributed by atoms with E-state index in [2.05, 4.69) is 15.4 Å². The van der Waals surface area contributed by atoms with Gasteiger partial charge in [-0.2, -0.15) is 18.3 Å². The Morgan fingerprint density at radius 3 is 2.47 bits per heavy atom. The lowest BCUT2D eigenvalue weighted by Crippen LogP contribution is -2.25. The van der Waals surface area contributed by atoms with Crippen LogP contribution in [0, 0.1) is 13.8 Å². The van der Waals surface area contributed by atoms with E-state index in [0.717, 1.165) is 12.3 Å². The van der Waals surface area contributed by atoms with Gasteiger partial charge in [0.05, 0.1) is 22.5 Å². The number of hydrogen-bond donors (Lipinski definition) is 1. The highest BCUT2D eigenvalue weighted by Gasteiger charge is 2.34. The molecule has 1 aromatic carbocycles. The summed E-state index contributed by atoms with van der Waals surface area (Å²) in [6.45, 7) is 3.04. The number of fused-ring (bicyclic) bond motifs is 1. The minimum Gasteiger partial charge on any atom is -0.347 e. The molecular weight excluding hydrogens is 471 g/mol. The SMILES string of the molecule is Cc1cc(C)n(-c2ccc(CNC(=O)c3nc(S(C)(=O)=O)n4ccccc34)c(C(F)(F)F)c2)n1. The fraction of sp³-hybridized carbons (Fsp3) is 0.227. The van der Waals surface area contributed by atoms with Gasteiger partial charge in [-0.1, -0.05) is 12.1 Å². The summed E-state index contributed by atoms with van der Waals surface area (Å²) in [5, 5.41) is 6.31. The Morgan fingerprint density at radius 1 is 1.12 bits per heavy atom. The maximum atomic E-state index is 13.8. The molecule has 34 heavy (non-hydrogen) atoms. The number of benzene rings is 1. The molecule has 0 aliphatic carbocycles. The van der Waals surface area contributed by atoms with E-state index in [1.807, 2.05) is 0 Å². The molecule has 8 nitrogen and oxygen atoms in total. The average Bonchev–Trinajstić information content (AvgIpc) is 3.31. The van der Waals surface area contributed by atoms with Crippen LogP contribution in [0.25, 0.3) is 11.2 Å². The molecule has 0 bridgehead atoms. The summed E-state index contributed by atoms with van der Waals surface area (Å²) in [5.74, 6) is -0.797. The van der Waals surface area contributed by atoms with Crippen molar-refractivity contribution in [2.75, 3.05) is 6.26 Å². The summed E-state index contributed by atoms with van der Waals surface area (Å²) < 4.78 is 68.2. The van der Waals surface area contributed by atoms with Crippen LogP contribution in [0.3, 0.4) is 0 Å². The second-order valence-corrected chi connectivity index (χ2v) is 9.74. The number of sulfone groups is 1. The Hall–Kier alpha value is -3.67. The Bertz CT molecular complexity index is 1520. The molecule has 178 valence electrons. The van der Waals surface area contributed by atoms with Crippen molar-refractivity contribution in [1.29, 1.82) is 0 Å². The molecule has 4 aromatic rings. The van der Waals surface area contributed by atoms with E-state index in [-0.39, 0.29) is 27.6 Å². The highest BCUT2D eigenvalue weighted by molar-refractivity contribution is 7.90. The topological polar surface area (TPSA) is 98.4 Å². The number of nitrogens with one attached hydrogen (secondary N) is 1. The lowest BCUT2D eigenvalue weighted by molar-refractivity contribution is -0.138. The summed E-state index contributed by atoms with van der Waals surface area (Å²) in [6.07, 6.45) is -2.28. The number of nitrogens with zero attached hydrogens (tertiary/aromatic N) is 4. The van der Waals surface area contributed by atoms with Crippen LogP contribution in [0.2, 0.25) is 0 Å². The number of aromatic nitrogens is 4. The molecule has 0 unspecified atom stereocenters. The first-order valence-corrected chi connectivity index (χ1v) is 11.9. The van der Waals surface area contributed by atoms with Crippen molar-refractivity contribution in [1.82, 2.24) is 24.5 Å². The summed E-state index contributed by atoms with van der Waals surface area (Å²) >= 11 is 0. The smallest absolute Gasteiger partial charge is 0.347 e. The summed E-state index contributed by atoms with van der Waals surface area (Å²) in [5.41, 5.74) is 0.543. The minimum absolute atomic E-state index is 0.155.